The Kier molecular flexibility index (Phi) is 9.24. The summed E-state index contributed by atoms with van der Waals surface area (Å²) in [6.45, 7) is 10.3. The number of thiophene rings is 1. The minimum Gasteiger partial charge on any atom is -0.355 e. The maximum absolute atomic E-state index is 12.6. The van der Waals surface area contributed by atoms with Gasteiger partial charge in [0.05, 0.1) is 0 Å². The van der Waals surface area contributed by atoms with E-state index >= 15 is 0 Å². The number of nitrogens with zero attached hydrogens (tertiary/aromatic N) is 2. The van der Waals surface area contributed by atoms with E-state index in [0.717, 1.165) is 57.0 Å². The van der Waals surface area contributed by atoms with E-state index < -0.39 is 16.1 Å². The number of piperazine rings is 1. The van der Waals surface area contributed by atoms with Crippen LogP contribution >= 0.6 is 11.3 Å². The third-order valence-corrected chi connectivity index (χ3v) is 8.49. The molecule has 0 radical (unpaired) electrons. The Hall–Kier alpha value is -1.78. The molecule has 0 aliphatic carbocycles. The molecule has 1 aliphatic heterocycles. The van der Waals surface area contributed by atoms with Gasteiger partial charge in [-0.15, -0.1) is 11.3 Å². The number of hydrogen-bond donors (Lipinski definition) is 2. The van der Waals surface area contributed by atoms with Crippen LogP contribution < -0.4 is 10.0 Å². The standard InChI is InChI=1S/C23H34N4O3S2/c1-19(2)22(25-32(29,30)21-10-6-17-31-21)23(28)24-11-7-12-26-13-15-27(16-14-26)18-20-8-4-3-5-9-20/h3-6,8-10,17,19,22,25H,7,11-16,18H2,1-2H3,(H,24,28)/t22-/m0/s1. The van der Waals surface area contributed by atoms with Crippen molar-refractivity contribution >= 4 is 27.3 Å². The summed E-state index contributed by atoms with van der Waals surface area (Å²) in [6.07, 6.45) is 0.840. The van der Waals surface area contributed by atoms with Crippen LogP contribution in [0.5, 0.6) is 0 Å². The molecule has 1 saturated heterocycles. The minimum absolute atomic E-state index is 0.151. The van der Waals surface area contributed by atoms with Crippen LogP contribution in [0.15, 0.2) is 52.1 Å². The lowest BCUT2D eigenvalue weighted by atomic mass is 10.1. The van der Waals surface area contributed by atoms with E-state index in [1.54, 1.807) is 17.5 Å². The van der Waals surface area contributed by atoms with Crippen LogP contribution in [0, 0.1) is 5.92 Å². The first-order valence-corrected chi connectivity index (χ1v) is 13.5. The average molecular weight is 479 g/mol. The Labute approximate surface area is 195 Å². The SMILES string of the molecule is CC(C)[C@H](NS(=O)(=O)c1cccs1)C(=O)NCCCN1CCN(Cc2ccccc2)CC1. The minimum atomic E-state index is -3.69. The first-order chi connectivity index (χ1) is 15.3. The van der Waals surface area contributed by atoms with E-state index in [1.165, 1.54) is 5.56 Å². The molecule has 1 aromatic heterocycles. The van der Waals surface area contributed by atoms with Crippen molar-refractivity contribution in [3.05, 3.63) is 53.4 Å². The second-order valence-electron chi connectivity index (χ2n) is 8.52. The Balaban J connectivity index is 1.37. The van der Waals surface area contributed by atoms with Gasteiger partial charge in [-0.05, 0) is 35.9 Å². The number of nitrogens with one attached hydrogen (secondary N) is 2. The van der Waals surface area contributed by atoms with Gasteiger partial charge in [-0.3, -0.25) is 9.69 Å². The van der Waals surface area contributed by atoms with Crippen LogP contribution in [-0.2, 0) is 21.4 Å². The van der Waals surface area contributed by atoms with Crippen LogP contribution in [0.25, 0.3) is 0 Å². The van der Waals surface area contributed by atoms with Gasteiger partial charge < -0.3 is 10.2 Å². The number of carbonyl (C=O) groups is 1. The van der Waals surface area contributed by atoms with Gasteiger partial charge in [0, 0.05) is 39.3 Å². The highest BCUT2D eigenvalue weighted by molar-refractivity contribution is 7.91. The van der Waals surface area contributed by atoms with E-state index in [-0.39, 0.29) is 16.0 Å². The van der Waals surface area contributed by atoms with Crippen molar-refractivity contribution in [2.75, 3.05) is 39.3 Å². The normalized spacial score (nSPS) is 16.8. The predicted octanol–water partition coefficient (Wildman–Crippen LogP) is 2.38. The summed E-state index contributed by atoms with van der Waals surface area (Å²) in [6, 6.07) is 13.0. The van der Waals surface area contributed by atoms with Gasteiger partial charge in [0.25, 0.3) is 10.0 Å². The molecular weight excluding hydrogens is 444 g/mol. The van der Waals surface area contributed by atoms with Gasteiger partial charge in [-0.2, -0.15) is 4.72 Å². The molecule has 1 amide bonds. The van der Waals surface area contributed by atoms with E-state index in [4.69, 9.17) is 0 Å². The fourth-order valence-corrected chi connectivity index (χ4v) is 6.12. The molecular formula is C23H34N4O3S2. The first kappa shape index (κ1) is 24.9. The topological polar surface area (TPSA) is 81.7 Å². The molecule has 9 heteroatoms. The Morgan fingerprint density at radius 2 is 1.72 bits per heavy atom. The van der Waals surface area contributed by atoms with Crippen LogP contribution in [-0.4, -0.2) is 69.4 Å². The number of benzene rings is 1. The molecule has 0 bridgehead atoms. The van der Waals surface area contributed by atoms with Crippen LogP contribution in [0.3, 0.4) is 0 Å². The van der Waals surface area contributed by atoms with Crippen LogP contribution in [0.2, 0.25) is 0 Å². The summed E-state index contributed by atoms with van der Waals surface area (Å²) < 4.78 is 27.8. The largest absolute Gasteiger partial charge is 0.355 e. The lowest BCUT2D eigenvalue weighted by Crippen LogP contribution is -2.50. The molecule has 0 spiro atoms. The van der Waals surface area contributed by atoms with Crippen molar-refractivity contribution < 1.29 is 13.2 Å². The molecule has 2 heterocycles. The first-order valence-electron chi connectivity index (χ1n) is 11.2. The van der Waals surface area contributed by atoms with Crippen molar-refractivity contribution in [3.63, 3.8) is 0 Å². The van der Waals surface area contributed by atoms with Gasteiger partial charge >= 0.3 is 0 Å². The van der Waals surface area contributed by atoms with Gasteiger partial charge in [-0.1, -0.05) is 50.2 Å². The Bertz CT molecular complexity index is 925. The monoisotopic (exact) mass is 478 g/mol. The summed E-state index contributed by atoms with van der Waals surface area (Å²) in [4.78, 5) is 17.5. The molecule has 1 atom stereocenters. The van der Waals surface area contributed by atoms with E-state index in [0.29, 0.717) is 6.54 Å². The van der Waals surface area contributed by atoms with Crippen LogP contribution in [0.1, 0.15) is 25.8 Å². The maximum atomic E-state index is 12.6. The molecule has 0 saturated carbocycles. The zero-order valence-electron chi connectivity index (χ0n) is 18.9. The quantitative estimate of drug-likeness (QED) is 0.485. The van der Waals surface area contributed by atoms with E-state index in [2.05, 4.69) is 44.1 Å². The zero-order valence-corrected chi connectivity index (χ0v) is 20.5. The highest BCUT2D eigenvalue weighted by Gasteiger charge is 2.28. The molecule has 0 unspecified atom stereocenters. The van der Waals surface area contributed by atoms with Gasteiger partial charge in [-0.25, -0.2) is 8.42 Å². The van der Waals surface area contributed by atoms with Crippen molar-refractivity contribution in [3.8, 4) is 0 Å². The molecule has 176 valence electrons. The highest BCUT2D eigenvalue weighted by atomic mass is 32.2. The predicted molar refractivity (Wildman–Crippen MR) is 129 cm³/mol. The lowest BCUT2D eigenvalue weighted by Gasteiger charge is -2.34. The second kappa shape index (κ2) is 11.9. The molecule has 1 aliphatic rings. The van der Waals surface area contributed by atoms with Crippen LogP contribution in [0.4, 0.5) is 0 Å². The molecule has 3 rings (SSSR count). The third kappa shape index (κ3) is 7.38. The summed E-state index contributed by atoms with van der Waals surface area (Å²) in [7, 11) is -3.69. The number of sulfonamides is 1. The fraction of sp³-hybridized carbons (Fsp3) is 0.522. The molecule has 2 aromatic rings. The third-order valence-electron chi connectivity index (χ3n) is 5.66. The van der Waals surface area contributed by atoms with Gasteiger partial charge in [0.1, 0.15) is 10.3 Å². The summed E-state index contributed by atoms with van der Waals surface area (Å²) in [5, 5.41) is 4.62. The van der Waals surface area contributed by atoms with E-state index in [9.17, 15) is 13.2 Å². The molecule has 32 heavy (non-hydrogen) atoms. The lowest BCUT2D eigenvalue weighted by molar-refractivity contribution is -0.123. The van der Waals surface area contributed by atoms with Gasteiger partial charge in [0.2, 0.25) is 5.91 Å². The number of amides is 1. The maximum Gasteiger partial charge on any atom is 0.250 e. The number of carbonyl (C=O) groups excluding carboxylic acids is 1. The van der Waals surface area contributed by atoms with Crippen molar-refractivity contribution in [2.45, 2.75) is 37.1 Å². The van der Waals surface area contributed by atoms with Crippen molar-refractivity contribution in [2.24, 2.45) is 5.92 Å². The van der Waals surface area contributed by atoms with Gasteiger partial charge in [0.15, 0.2) is 0 Å². The summed E-state index contributed by atoms with van der Waals surface area (Å²) >= 11 is 1.14. The zero-order chi connectivity index (χ0) is 23.0. The second-order valence-corrected chi connectivity index (χ2v) is 11.4. The fourth-order valence-electron chi connectivity index (χ4n) is 3.77. The Morgan fingerprint density at radius 1 is 1.03 bits per heavy atom. The molecule has 1 aromatic carbocycles. The smallest absolute Gasteiger partial charge is 0.250 e. The average Bonchev–Trinajstić information content (AvgIpc) is 3.33. The number of hydrogen-bond acceptors (Lipinski definition) is 6. The number of rotatable bonds is 11. The summed E-state index contributed by atoms with van der Waals surface area (Å²) in [5.41, 5.74) is 1.35. The summed E-state index contributed by atoms with van der Waals surface area (Å²) in [5.74, 6) is -0.421. The Morgan fingerprint density at radius 3 is 2.34 bits per heavy atom. The molecule has 1 fully saturated rings. The van der Waals surface area contributed by atoms with Crippen molar-refractivity contribution in [1.29, 1.82) is 0 Å². The van der Waals surface area contributed by atoms with E-state index in [1.807, 2.05) is 19.9 Å². The highest BCUT2D eigenvalue weighted by Crippen LogP contribution is 2.17. The van der Waals surface area contributed by atoms with Crippen molar-refractivity contribution in [1.82, 2.24) is 19.8 Å². The molecule has 2 N–H and O–H groups in total. The molecule has 7 nitrogen and oxygen atoms in total.